The number of rotatable bonds is 2. The Balaban J connectivity index is 2.41. The molecule has 2 aromatic rings. The summed E-state index contributed by atoms with van der Waals surface area (Å²) in [5.74, 6) is 1.01. The van der Waals surface area contributed by atoms with Gasteiger partial charge in [0.15, 0.2) is 12.0 Å². The van der Waals surface area contributed by atoms with E-state index in [0.717, 1.165) is 5.56 Å². The van der Waals surface area contributed by atoms with Gasteiger partial charge in [-0.3, -0.25) is 4.79 Å². The van der Waals surface area contributed by atoms with Crippen LogP contribution in [0.25, 0.3) is 11.3 Å². The molecule has 0 aliphatic rings. The van der Waals surface area contributed by atoms with E-state index in [4.69, 9.17) is 8.83 Å². The van der Waals surface area contributed by atoms with E-state index in [1.165, 1.54) is 6.26 Å². The molecule has 0 aliphatic carbocycles. The summed E-state index contributed by atoms with van der Waals surface area (Å²) in [6.45, 7) is 0. The van der Waals surface area contributed by atoms with Crippen LogP contribution >= 0.6 is 0 Å². The Morgan fingerprint density at radius 3 is 2.83 bits per heavy atom. The first-order valence-electron chi connectivity index (χ1n) is 3.48. The zero-order valence-corrected chi connectivity index (χ0v) is 6.19. The van der Waals surface area contributed by atoms with Crippen LogP contribution in [0.1, 0.15) is 10.6 Å². The smallest absolute Gasteiger partial charge is 0.185 e. The zero-order chi connectivity index (χ0) is 8.39. The second-order valence-electron chi connectivity index (χ2n) is 2.33. The fourth-order valence-corrected chi connectivity index (χ4v) is 0.987. The van der Waals surface area contributed by atoms with Crippen molar-refractivity contribution in [2.45, 2.75) is 0 Å². The highest BCUT2D eigenvalue weighted by molar-refractivity contribution is 5.74. The minimum absolute atomic E-state index is 0.307. The van der Waals surface area contributed by atoms with Crippen molar-refractivity contribution < 1.29 is 13.6 Å². The Labute approximate surface area is 68.6 Å². The maximum absolute atomic E-state index is 10.3. The monoisotopic (exact) mass is 162 g/mol. The molecular formula is C9H6O3. The molecular weight excluding hydrogens is 156 g/mol. The van der Waals surface area contributed by atoms with Crippen LogP contribution in [0.4, 0.5) is 0 Å². The Morgan fingerprint density at radius 1 is 1.33 bits per heavy atom. The summed E-state index contributed by atoms with van der Waals surface area (Å²) >= 11 is 0. The molecule has 0 radical (unpaired) electrons. The molecule has 0 atom stereocenters. The van der Waals surface area contributed by atoms with Crippen molar-refractivity contribution in [1.29, 1.82) is 0 Å². The van der Waals surface area contributed by atoms with Gasteiger partial charge < -0.3 is 8.83 Å². The lowest BCUT2D eigenvalue weighted by Crippen LogP contribution is -1.68. The van der Waals surface area contributed by atoms with Gasteiger partial charge in [-0.25, -0.2) is 0 Å². The molecule has 3 heteroatoms. The van der Waals surface area contributed by atoms with E-state index in [-0.39, 0.29) is 0 Å². The lowest BCUT2D eigenvalue weighted by atomic mass is 10.2. The van der Waals surface area contributed by atoms with Gasteiger partial charge in [0.25, 0.3) is 0 Å². The predicted octanol–water partition coefficient (Wildman–Crippen LogP) is 2.35. The van der Waals surface area contributed by atoms with Crippen LogP contribution in [0, 0.1) is 0 Å². The zero-order valence-electron chi connectivity index (χ0n) is 6.19. The van der Waals surface area contributed by atoms with Crippen molar-refractivity contribution >= 4 is 6.29 Å². The van der Waals surface area contributed by atoms with E-state index in [0.29, 0.717) is 17.8 Å². The molecule has 3 nitrogen and oxygen atoms in total. The number of hydrogen-bond donors (Lipinski definition) is 0. The number of carbonyl (C=O) groups is 1. The summed E-state index contributed by atoms with van der Waals surface area (Å²) < 4.78 is 10.0. The summed E-state index contributed by atoms with van der Waals surface area (Å²) in [5.41, 5.74) is 0.780. The first kappa shape index (κ1) is 6.91. The second kappa shape index (κ2) is 2.70. The van der Waals surface area contributed by atoms with Crippen LogP contribution in [-0.4, -0.2) is 6.29 Å². The standard InChI is InChI=1S/C9H6O3/c10-5-8-4-7(6-12-8)9-2-1-3-11-9/h1-6H. The van der Waals surface area contributed by atoms with Gasteiger partial charge in [-0.1, -0.05) is 0 Å². The van der Waals surface area contributed by atoms with Crippen molar-refractivity contribution in [3.63, 3.8) is 0 Å². The predicted molar refractivity (Wildman–Crippen MR) is 41.8 cm³/mol. The van der Waals surface area contributed by atoms with E-state index in [9.17, 15) is 4.79 Å². The maximum atomic E-state index is 10.3. The minimum Gasteiger partial charge on any atom is -0.464 e. The average Bonchev–Trinajstić information content (AvgIpc) is 2.75. The van der Waals surface area contributed by atoms with Crippen molar-refractivity contribution in [2.24, 2.45) is 0 Å². The fraction of sp³-hybridized carbons (Fsp3) is 0. The van der Waals surface area contributed by atoms with Crippen LogP contribution < -0.4 is 0 Å². The molecule has 12 heavy (non-hydrogen) atoms. The van der Waals surface area contributed by atoms with Crippen molar-refractivity contribution in [3.05, 3.63) is 36.5 Å². The molecule has 60 valence electrons. The van der Waals surface area contributed by atoms with E-state index < -0.39 is 0 Å². The quantitative estimate of drug-likeness (QED) is 0.636. The van der Waals surface area contributed by atoms with Crippen LogP contribution in [0.2, 0.25) is 0 Å². The molecule has 0 N–H and O–H groups in total. The van der Waals surface area contributed by atoms with Gasteiger partial charge in [0, 0.05) is 0 Å². The fourth-order valence-electron chi connectivity index (χ4n) is 0.987. The lowest BCUT2D eigenvalue weighted by Gasteiger charge is -1.84. The third-order valence-corrected chi connectivity index (χ3v) is 1.54. The molecule has 2 aromatic heterocycles. The average molecular weight is 162 g/mol. The Hall–Kier alpha value is -1.77. The molecule has 0 saturated carbocycles. The summed E-state index contributed by atoms with van der Waals surface area (Å²) in [6.07, 6.45) is 3.72. The van der Waals surface area contributed by atoms with E-state index in [2.05, 4.69) is 0 Å². The highest BCUT2D eigenvalue weighted by Gasteiger charge is 2.04. The Morgan fingerprint density at radius 2 is 2.25 bits per heavy atom. The molecule has 0 spiro atoms. The van der Waals surface area contributed by atoms with Gasteiger partial charge in [0.1, 0.15) is 12.0 Å². The molecule has 2 rings (SSSR count). The van der Waals surface area contributed by atoms with Gasteiger partial charge in [-0.2, -0.15) is 0 Å². The first-order valence-corrected chi connectivity index (χ1v) is 3.48. The maximum Gasteiger partial charge on any atom is 0.185 e. The molecule has 0 fully saturated rings. The summed E-state index contributed by atoms with van der Waals surface area (Å²) in [5, 5.41) is 0. The van der Waals surface area contributed by atoms with Gasteiger partial charge in [-0.05, 0) is 18.2 Å². The van der Waals surface area contributed by atoms with Crippen LogP contribution in [-0.2, 0) is 0 Å². The van der Waals surface area contributed by atoms with Crippen molar-refractivity contribution in [1.82, 2.24) is 0 Å². The SMILES string of the molecule is O=Cc1cc(-c2ccco2)co1. The van der Waals surface area contributed by atoms with Crippen molar-refractivity contribution in [2.75, 3.05) is 0 Å². The number of carbonyl (C=O) groups excluding carboxylic acids is 1. The number of furan rings is 2. The largest absolute Gasteiger partial charge is 0.464 e. The molecule has 0 aliphatic heterocycles. The van der Waals surface area contributed by atoms with Crippen molar-refractivity contribution in [3.8, 4) is 11.3 Å². The molecule has 2 heterocycles. The first-order chi connectivity index (χ1) is 5.90. The second-order valence-corrected chi connectivity index (χ2v) is 2.33. The molecule has 0 saturated heterocycles. The summed E-state index contributed by atoms with van der Waals surface area (Å²) in [4.78, 5) is 10.3. The normalized spacial score (nSPS) is 10.0. The van der Waals surface area contributed by atoms with Gasteiger partial charge in [-0.15, -0.1) is 0 Å². The van der Waals surface area contributed by atoms with Gasteiger partial charge >= 0.3 is 0 Å². The lowest BCUT2D eigenvalue weighted by molar-refractivity contribution is 0.110. The Kier molecular flexibility index (Phi) is 1.55. The molecule has 0 bridgehead atoms. The third-order valence-electron chi connectivity index (χ3n) is 1.54. The van der Waals surface area contributed by atoms with E-state index in [1.54, 1.807) is 24.5 Å². The summed E-state index contributed by atoms with van der Waals surface area (Å²) in [6, 6.07) is 5.22. The van der Waals surface area contributed by atoms with E-state index >= 15 is 0 Å². The third kappa shape index (κ3) is 1.05. The van der Waals surface area contributed by atoms with Gasteiger partial charge in [0.05, 0.1) is 11.8 Å². The summed E-state index contributed by atoms with van der Waals surface area (Å²) in [7, 11) is 0. The highest BCUT2D eigenvalue weighted by Crippen LogP contribution is 2.21. The highest BCUT2D eigenvalue weighted by atomic mass is 16.3. The molecule has 0 unspecified atom stereocenters. The van der Waals surface area contributed by atoms with Crippen LogP contribution in [0.15, 0.2) is 39.6 Å². The number of hydrogen-bond acceptors (Lipinski definition) is 3. The Bertz CT molecular complexity index is 370. The van der Waals surface area contributed by atoms with Crippen LogP contribution in [0.3, 0.4) is 0 Å². The minimum atomic E-state index is 0.307. The number of aldehydes is 1. The van der Waals surface area contributed by atoms with Crippen LogP contribution in [0.5, 0.6) is 0 Å². The topological polar surface area (TPSA) is 43.4 Å². The molecule has 0 aromatic carbocycles. The molecule has 0 amide bonds. The van der Waals surface area contributed by atoms with Gasteiger partial charge in [0.2, 0.25) is 0 Å². The van der Waals surface area contributed by atoms with E-state index in [1.807, 2.05) is 0 Å².